The standard InChI is InChI=1S/C18H16N2O3S/c1-20-17(22)14-8-7-12(11-15(14)18(20)23)19-16(21)9-10-24-13-5-3-2-4-6-13/h2-8,11H,9-10H2,1H3,(H,19,21). The molecule has 2 aromatic carbocycles. The molecule has 24 heavy (non-hydrogen) atoms. The van der Waals surface area contributed by atoms with Gasteiger partial charge in [-0.25, -0.2) is 0 Å². The van der Waals surface area contributed by atoms with Crippen LogP contribution in [0.2, 0.25) is 0 Å². The van der Waals surface area contributed by atoms with Crippen LogP contribution in [0.1, 0.15) is 27.1 Å². The molecule has 0 aliphatic carbocycles. The minimum absolute atomic E-state index is 0.122. The van der Waals surface area contributed by atoms with Gasteiger partial charge in [-0.05, 0) is 30.3 Å². The fourth-order valence-corrected chi connectivity index (χ4v) is 3.31. The Labute approximate surface area is 144 Å². The smallest absolute Gasteiger partial charge is 0.261 e. The molecule has 0 atom stereocenters. The lowest BCUT2D eigenvalue weighted by molar-refractivity contribution is -0.115. The summed E-state index contributed by atoms with van der Waals surface area (Å²) < 4.78 is 0. The molecule has 6 heteroatoms. The van der Waals surface area contributed by atoms with E-state index in [9.17, 15) is 14.4 Å². The first kappa shape index (κ1) is 16.3. The summed E-state index contributed by atoms with van der Waals surface area (Å²) in [6.45, 7) is 0. The zero-order chi connectivity index (χ0) is 17.1. The second kappa shape index (κ2) is 6.88. The summed E-state index contributed by atoms with van der Waals surface area (Å²) in [5.41, 5.74) is 1.24. The Bertz CT molecular complexity index is 805. The Kier molecular flexibility index (Phi) is 4.66. The summed E-state index contributed by atoms with van der Waals surface area (Å²) in [4.78, 5) is 38.0. The maximum Gasteiger partial charge on any atom is 0.261 e. The van der Waals surface area contributed by atoms with E-state index in [-0.39, 0.29) is 17.7 Å². The highest BCUT2D eigenvalue weighted by molar-refractivity contribution is 7.99. The number of imide groups is 1. The van der Waals surface area contributed by atoms with Crippen molar-refractivity contribution in [3.63, 3.8) is 0 Å². The zero-order valence-corrected chi connectivity index (χ0v) is 13.9. The number of amides is 3. The fourth-order valence-electron chi connectivity index (χ4n) is 2.44. The molecule has 0 radical (unpaired) electrons. The van der Waals surface area contributed by atoms with Gasteiger partial charge in [0.1, 0.15) is 0 Å². The summed E-state index contributed by atoms with van der Waals surface area (Å²) in [6.07, 6.45) is 0.365. The zero-order valence-electron chi connectivity index (χ0n) is 13.1. The van der Waals surface area contributed by atoms with Crippen molar-refractivity contribution in [2.75, 3.05) is 18.1 Å². The topological polar surface area (TPSA) is 66.5 Å². The molecule has 2 aromatic rings. The molecule has 1 N–H and O–H groups in total. The van der Waals surface area contributed by atoms with E-state index in [1.807, 2.05) is 30.3 Å². The van der Waals surface area contributed by atoms with Gasteiger partial charge in [0.05, 0.1) is 11.1 Å². The van der Waals surface area contributed by atoms with Gasteiger partial charge in [0, 0.05) is 29.8 Å². The molecule has 0 saturated carbocycles. The van der Waals surface area contributed by atoms with Gasteiger partial charge in [0.25, 0.3) is 11.8 Å². The monoisotopic (exact) mass is 340 g/mol. The first-order valence-corrected chi connectivity index (χ1v) is 8.49. The Balaban J connectivity index is 1.58. The van der Waals surface area contributed by atoms with Crippen LogP contribution in [0.15, 0.2) is 53.4 Å². The van der Waals surface area contributed by atoms with Crippen molar-refractivity contribution in [2.45, 2.75) is 11.3 Å². The number of nitrogens with zero attached hydrogens (tertiary/aromatic N) is 1. The number of carbonyl (C=O) groups excluding carboxylic acids is 3. The highest BCUT2D eigenvalue weighted by Gasteiger charge is 2.32. The number of thioether (sulfide) groups is 1. The van der Waals surface area contributed by atoms with Crippen LogP contribution in [0.3, 0.4) is 0 Å². The lowest BCUT2D eigenvalue weighted by atomic mass is 10.1. The van der Waals surface area contributed by atoms with Gasteiger partial charge in [0.2, 0.25) is 5.91 Å². The molecule has 1 aliphatic rings. The molecule has 3 amide bonds. The Hall–Kier alpha value is -2.60. The number of nitrogens with one attached hydrogen (secondary N) is 1. The van der Waals surface area contributed by atoms with Crippen molar-refractivity contribution in [3.8, 4) is 0 Å². The fraction of sp³-hybridized carbons (Fsp3) is 0.167. The molecular weight excluding hydrogens is 324 g/mol. The second-order valence-electron chi connectivity index (χ2n) is 5.39. The quantitative estimate of drug-likeness (QED) is 0.671. The van der Waals surface area contributed by atoms with Crippen LogP contribution in [-0.4, -0.2) is 35.4 Å². The first-order chi connectivity index (χ1) is 11.6. The van der Waals surface area contributed by atoms with E-state index in [1.54, 1.807) is 30.0 Å². The van der Waals surface area contributed by atoms with Gasteiger partial charge in [-0.15, -0.1) is 11.8 Å². The average molecular weight is 340 g/mol. The van der Waals surface area contributed by atoms with E-state index in [1.165, 1.54) is 7.05 Å². The lowest BCUT2D eigenvalue weighted by Crippen LogP contribution is -2.24. The number of rotatable bonds is 5. The minimum Gasteiger partial charge on any atom is -0.326 e. The summed E-state index contributed by atoms with van der Waals surface area (Å²) in [6, 6.07) is 14.7. The number of carbonyl (C=O) groups is 3. The maximum atomic E-state index is 12.0. The highest BCUT2D eigenvalue weighted by atomic mass is 32.2. The van der Waals surface area contributed by atoms with E-state index in [4.69, 9.17) is 0 Å². The molecule has 3 rings (SSSR count). The number of hydrogen-bond acceptors (Lipinski definition) is 4. The molecule has 1 heterocycles. The van der Waals surface area contributed by atoms with Gasteiger partial charge < -0.3 is 5.32 Å². The summed E-state index contributed by atoms with van der Waals surface area (Å²) in [5.74, 6) is -0.109. The predicted molar refractivity (Wildman–Crippen MR) is 93.3 cm³/mol. The summed E-state index contributed by atoms with van der Waals surface area (Å²) in [5, 5.41) is 2.77. The minimum atomic E-state index is -0.342. The molecule has 0 aromatic heterocycles. The van der Waals surface area contributed by atoms with Crippen LogP contribution in [-0.2, 0) is 4.79 Å². The summed E-state index contributed by atoms with van der Waals surface area (Å²) in [7, 11) is 1.45. The third kappa shape index (κ3) is 3.33. The van der Waals surface area contributed by atoms with E-state index in [2.05, 4.69) is 5.32 Å². The van der Waals surface area contributed by atoms with Gasteiger partial charge >= 0.3 is 0 Å². The van der Waals surface area contributed by atoms with Crippen LogP contribution >= 0.6 is 11.8 Å². The number of anilines is 1. The molecule has 122 valence electrons. The maximum absolute atomic E-state index is 12.0. The molecule has 0 bridgehead atoms. The van der Waals surface area contributed by atoms with Crippen molar-refractivity contribution in [2.24, 2.45) is 0 Å². The SMILES string of the molecule is CN1C(=O)c2ccc(NC(=O)CCSc3ccccc3)cc2C1=O. The van der Waals surface area contributed by atoms with Gasteiger partial charge in [-0.3, -0.25) is 19.3 Å². The van der Waals surface area contributed by atoms with Crippen LogP contribution in [0.25, 0.3) is 0 Å². The lowest BCUT2D eigenvalue weighted by Gasteiger charge is -2.06. The molecule has 5 nitrogen and oxygen atoms in total. The Morgan fingerprint density at radius 2 is 1.75 bits per heavy atom. The number of hydrogen-bond donors (Lipinski definition) is 1. The van der Waals surface area contributed by atoms with E-state index < -0.39 is 0 Å². The van der Waals surface area contributed by atoms with Crippen LogP contribution in [0.4, 0.5) is 5.69 Å². The van der Waals surface area contributed by atoms with Crippen molar-refractivity contribution >= 4 is 35.2 Å². The third-order valence-electron chi connectivity index (χ3n) is 3.71. The van der Waals surface area contributed by atoms with E-state index in [0.29, 0.717) is 29.0 Å². The van der Waals surface area contributed by atoms with E-state index in [0.717, 1.165) is 9.80 Å². The van der Waals surface area contributed by atoms with Crippen LogP contribution in [0.5, 0.6) is 0 Å². The number of benzene rings is 2. The van der Waals surface area contributed by atoms with Crippen molar-refractivity contribution in [1.82, 2.24) is 4.90 Å². The molecule has 0 saturated heterocycles. The molecule has 1 aliphatic heterocycles. The van der Waals surface area contributed by atoms with E-state index >= 15 is 0 Å². The average Bonchev–Trinajstić information content (AvgIpc) is 2.80. The molecule has 0 spiro atoms. The largest absolute Gasteiger partial charge is 0.326 e. The molecule has 0 unspecified atom stereocenters. The Morgan fingerprint density at radius 3 is 2.50 bits per heavy atom. The predicted octanol–water partition coefficient (Wildman–Crippen LogP) is 3.03. The molecular formula is C18H16N2O3S. The summed E-state index contributed by atoms with van der Waals surface area (Å²) >= 11 is 1.61. The van der Waals surface area contributed by atoms with Crippen molar-refractivity contribution < 1.29 is 14.4 Å². The van der Waals surface area contributed by atoms with Crippen LogP contribution < -0.4 is 5.32 Å². The van der Waals surface area contributed by atoms with Gasteiger partial charge in [-0.2, -0.15) is 0 Å². The first-order valence-electron chi connectivity index (χ1n) is 7.50. The van der Waals surface area contributed by atoms with Crippen LogP contribution in [0, 0.1) is 0 Å². The highest BCUT2D eigenvalue weighted by Crippen LogP contribution is 2.25. The van der Waals surface area contributed by atoms with Crippen molar-refractivity contribution in [3.05, 3.63) is 59.7 Å². The number of fused-ring (bicyclic) bond motifs is 1. The normalized spacial score (nSPS) is 13.1. The second-order valence-corrected chi connectivity index (χ2v) is 6.56. The molecule has 0 fully saturated rings. The van der Waals surface area contributed by atoms with Crippen molar-refractivity contribution in [1.29, 1.82) is 0 Å². The Morgan fingerprint density at radius 1 is 1.04 bits per heavy atom. The van der Waals surface area contributed by atoms with Gasteiger partial charge in [-0.1, -0.05) is 18.2 Å². The van der Waals surface area contributed by atoms with Gasteiger partial charge in [0.15, 0.2) is 0 Å². The third-order valence-corrected chi connectivity index (χ3v) is 4.73.